The first-order chi connectivity index (χ1) is 8.52. The molecule has 0 atom stereocenters. The van der Waals surface area contributed by atoms with Gasteiger partial charge in [0, 0.05) is 20.2 Å². The van der Waals surface area contributed by atoms with Gasteiger partial charge in [-0.2, -0.15) is 0 Å². The average Bonchev–Trinajstić information content (AvgIpc) is 2.29. The number of thioether (sulfide) groups is 1. The van der Waals surface area contributed by atoms with Crippen molar-refractivity contribution in [3.05, 3.63) is 26.9 Å². The van der Waals surface area contributed by atoms with Crippen molar-refractivity contribution in [2.45, 2.75) is 31.7 Å². The molecule has 2 nitrogen and oxygen atoms in total. The molecule has 0 saturated carbocycles. The lowest BCUT2D eigenvalue weighted by molar-refractivity contribution is 0.765. The van der Waals surface area contributed by atoms with E-state index in [1.54, 1.807) is 11.8 Å². The van der Waals surface area contributed by atoms with Crippen LogP contribution in [0, 0.1) is 0 Å². The van der Waals surface area contributed by atoms with Crippen molar-refractivity contribution >= 4 is 54.5 Å². The van der Waals surface area contributed by atoms with E-state index >= 15 is 0 Å². The minimum atomic E-state index is 0.334. The minimum Gasteiger partial charge on any atom is -0.231 e. The average molecular weight is 390 g/mol. The third-order valence-corrected chi connectivity index (χ3v) is 4.43. The number of hydrogen-bond acceptors (Lipinski definition) is 3. The predicted molar refractivity (Wildman–Crippen MR) is 85.4 cm³/mol. The molecule has 0 aliphatic heterocycles. The summed E-state index contributed by atoms with van der Waals surface area (Å²) in [5.41, 5.74) is 0.993. The molecule has 0 saturated heterocycles. The molecule has 1 aromatic heterocycles. The van der Waals surface area contributed by atoms with Crippen LogP contribution in [0.3, 0.4) is 0 Å². The molecule has 18 heavy (non-hydrogen) atoms. The first kappa shape index (κ1) is 14.3. The zero-order valence-electron chi connectivity index (χ0n) is 10.5. The molecule has 0 unspecified atom stereocenters. The number of halogens is 2. The van der Waals surface area contributed by atoms with Crippen LogP contribution in [0.4, 0.5) is 0 Å². The summed E-state index contributed by atoms with van der Waals surface area (Å²) >= 11 is 8.87. The van der Waals surface area contributed by atoms with E-state index in [4.69, 9.17) is 0 Å². The van der Waals surface area contributed by atoms with Crippen LogP contribution in [0.2, 0.25) is 0 Å². The zero-order chi connectivity index (χ0) is 13.3. The van der Waals surface area contributed by atoms with Gasteiger partial charge in [0.05, 0.1) is 5.52 Å². The van der Waals surface area contributed by atoms with Crippen molar-refractivity contribution in [2.24, 2.45) is 0 Å². The maximum atomic E-state index is 4.68. The van der Waals surface area contributed by atoms with E-state index in [1.807, 2.05) is 6.07 Å². The summed E-state index contributed by atoms with van der Waals surface area (Å²) in [6.45, 7) is 6.38. The lowest BCUT2D eigenvalue weighted by atomic mass is 10.2. The second-order valence-electron chi connectivity index (χ2n) is 4.26. The molecule has 1 aromatic carbocycles. The van der Waals surface area contributed by atoms with Gasteiger partial charge in [-0.25, -0.2) is 9.97 Å². The second-order valence-corrected chi connectivity index (χ2v) is 7.28. The molecule has 0 radical (unpaired) electrons. The normalized spacial score (nSPS) is 11.4. The van der Waals surface area contributed by atoms with Gasteiger partial charge in [0.1, 0.15) is 10.9 Å². The molecule has 5 heteroatoms. The Bertz CT molecular complexity index is 585. The van der Waals surface area contributed by atoms with Crippen LogP contribution < -0.4 is 0 Å². The second kappa shape index (κ2) is 5.88. The van der Waals surface area contributed by atoms with Gasteiger partial charge in [-0.15, -0.1) is 11.8 Å². The Labute approximate surface area is 128 Å². The first-order valence-electron chi connectivity index (χ1n) is 5.82. The van der Waals surface area contributed by atoms with E-state index in [0.717, 1.165) is 36.5 Å². The molecular weight excluding hydrogens is 376 g/mol. The van der Waals surface area contributed by atoms with Crippen LogP contribution in [0.1, 0.15) is 32.5 Å². The maximum Gasteiger partial charge on any atom is 0.132 e. The first-order valence-corrected chi connectivity index (χ1v) is 8.39. The van der Waals surface area contributed by atoms with Crippen molar-refractivity contribution in [2.75, 3.05) is 5.75 Å². The third-order valence-electron chi connectivity index (χ3n) is 2.50. The number of rotatable bonds is 3. The topological polar surface area (TPSA) is 25.8 Å². The Morgan fingerprint density at radius 1 is 1.22 bits per heavy atom. The van der Waals surface area contributed by atoms with Gasteiger partial charge in [0.15, 0.2) is 0 Å². The SMILES string of the molecule is CCSc1nc(C(C)C)nc2c(Br)cc(Br)cc12. The maximum absolute atomic E-state index is 4.68. The van der Waals surface area contributed by atoms with Crippen molar-refractivity contribution < 1.29 is 0 Å². The van der Waals surface area contributed by atoms with Crippen LogP contribution in [0.5, 0.6) is 0 Å². The third kappa shape index (κ3) is 2.89. The van der Waals surface area contributed by atoms with Crippen LogP contribution in [-0.2, 0) is 0 Å². The van der Waals surface area contributed by atoms with Crippen molar-refractivity contribution in [3.8, 4) is 0 Å². The van der Waals surface area contributed by atoms with Gasteiger partial charge in [-0.1, -0.05) is 36.7 Å². The molecule has 1 heterocycles. The van der Waals surface area contributed by atoms with Gasteiger partial charge in [0.25, 0.3) is 0 Å². The Morgan fingerprint density at radius 2 is 1.94 bits per heavy atom. The fourth-order valence-electron chi connectivity index (χ4n) is 1.65. The van der Waals surface area contributed by atoms with Crippen molar-refractivity contribution in [1.29, 1.82) is 0 Å². The number of nitrogens with zero attached hydrogens (tertiary/aromatic N) is 2. The zero-order valence-corrected chi connectivity index (χ0v) is 14.5. The van der Waals surface area contributed by atoms with Crippen LogP contribution in [-0.4, -0.2) is 15.7 Å². The fourth-order valence-corrected chi connectivity index (χ4v) is 3.71. The van der Waals surface area contributed by atoms with Gasteiger partial charge < -0.3 is 0 Å². The quantitative estimate of drug-likeness (QED) is 0.519. The van der Waals surface area contributed by atoms with Crippen molar-refractivity contribution in [3.63, 3.8) is 0 Å². The number of hydrogen-bond donors (Lipinski definition) is 0. The molecule has 0 bridgehead atoms. The molecule has 2 rings (SSSR count). The Kier molecular flexibility index (Phi) is 4.67. The monoisotopic (exact) mass is 388 g/mol. The van der Waals surface area contributed by atoms with Crippen LogP contribution >= 0.6 is 43.6 Å². The molecule has 0 spiro atoms. The van der Waals surface area contributed by atoms with Gasteiger partial charge in [0.2, 0.25) is 0 Å². The molecule has 0 aliphatic carbocycles. The summed E-state index contributed by atoms with van der Waals surface area (Å²) in [5.74, 6) is 2.25. The molecule has 0 N–H and O–H groups in total. The van der Waals surface area contributed by atoms with E-state index in [2.05, 4.69) is 68.7 Å². The summed E-state index contributed by atoms with van der Waals surface area (Å²) < 4.78 is 2.05. The standard InChI is InChI=1S/C13H14Br2N2S/c1-4-18-13-9-5-8(14)6-10(15)11(9)16-12(17-13)7(2)3/h5-7H,4H2,1-3H3. The highest BCUT2D eigenvalue weighted by atomic mass is 79.9. The number of aromatic nitrogens is 2. The van der Waals surface area contributed by atoms with Crippen LogP contribution in [0.25, 0.3) is 10.9 Å². The molecule has 2 aromatic rings. The molecule has 96 valence electrons. The summed E-state index contributed by atoms with van der Waals surface area (Å²) in [7, 11) is 0. The lowest BCUT2D eigenvalue weighted by Crippen LogP contribution is -2.00. The highest BCUT2D eigenvalue weighted by Crippen LogP contribution is 2.33. The molecular formula is C13H14Br2N2S. The predicted octanol–water partition coefficient (Wildman–Crippen LogP) is 5.39. The summed E-state index contributed by atoms with van der Waals surface area (Å²) in [6.07, 6.45) is 0. The van der Waals surface area contributed by atoms with Gasteiger partial charge >= 0.3 is 0 Å². The molecule has 0 fully saturated rings. The van der Waals surface area contributed by atoms with E-state index in [-0.39, 0.29) is 0 Å². The molecule has 0 aliphatic rings. The minimum absolute atomic E-state index is 0.334. The van der Waals surface area contributed by atoms with E-state index in [1.165, 1.54) is 0 Å². The van der Waals surface area contributed by atoms with Gasteiger partial charge in [-0.05, 0) is 33.8 Å². The lowest BCUT2D eigenvalue weighted by Gasteiger charge is -2.11. The van der Waals surface area contributed by atoms with E-state index in [9.17, 15) is 0 Å². The summed E-state index contributed by atoms with van der Waals surface area (Å²) in [6, 6.07) is 4.11. The number of fused-ring (bicyclic) bond motifs is 1. The summed E-state index contributed by atoms with van der Waals surface area (Å²) in [4.78, 5) is 9.35. The highest BCUT2D eigenvalue weighted by Gasteiger charge is 2.13. The fraction of sp³-hybridized carbons (Fsp3) is 0.385. The highest BCUT2D eigenvalue weighted by molar-refractivity contribution is 9.11. The van der Waals surface area contributed by atoms with Crippen LogP contribution in [0.15, 0.2) is 26.1 Å². The van der Waals surface area contributed by atoms with Gasteiger partial charge in [-0.3, -0.25) is 0 Å². The van der Waals surface area contributed by atoms with E-state index in [0.29, 0.717) is 5.92 Å². The smallest absolute Gasteiger partial charge is 0.132 e. The number of benzene rings is 1. The Balaban J connectivity index is 2.76. The van der Waals surface area contributed by atoms with E-state index < -0.39 is 0 Å². The Hall–Kier alpha value is -0.130. The van der Waals surface area contributed by atoms with Crippen molar-refractivity contribution in [1.82, 2.24) is 9.97 Å². The molecule has 0 amide bonds. The Morgan fingerprint density at radius 3 is 2.56 bits per heavy atom. The largest absolute Gasteiger partial charge is 0.231 e. The summed E-state index contributed by atoms with van der Waals surface area (Å²) in [5, 5.41) is 2.17.